The van der Waals surface area contributed by atoms with E-state index in [1.807, 2.05) is 0 Å². The quantitative estimate of drug-likeness (QED) is 0.932. The third-order valence-corrected chi connectivity index (χ3v) is 2.25. The Hall–Kier alpha value is -2.31. The molecule has 1 aromatic heterocycles. The maximum absolute atomic E-state index is 11.9. The van der Waals surface area contributed by atoms with E-state index < -0.39 is 18.6 Å². The highest BCUT2D eigenvalue weighted by Gasteiger charge is 2.28. The second-order valence-electron chi connectivity index (χ2n) is 3.74. The van der Waals surface area contributed by atoms with E-state index in [4.69, 9.17) is 4.52 Å². The number of halogens is 3. The second kappa shape index (κ2) is 5.13. The molecule has 1 N–H and O–H groups in total. The highest BCUT2D eigenvalue weighted by Crippen LogP contribution is 2.19. The number of hydrogen-bond donors (Lipinski definition) is 1. The zero-order valence-electron chi connectivity index (χ0n) is 9.57. The summed E-state index contributed by atoms with van der Waals surface area (Å²) in [6, 6.07) is 10.1. The number of carbonyl (C=O) groups is 1. The average Bonchev–Trinajstić information content (AvgIpc) is 2.86. The topological polar surface area (TPSA) is 55.1 Å². The number of hydrogen-bond acceptors (Lipinski definition) is 3. The predicted molar refractivity (Wildman–Crippen MR) is 60.3 cm³/mol. The number of nitrogens with one attached hydrogen (secondary N) is 1. The maximum atomic E-state index is 11.9. The summed E-state index contributed by atoms with van der Waals surface area (Å²) in [5.41, 5.74) is 1.10. The molecule has 7 heteroatoms. The van der Waals surface area contributed by atoms with Crippen molar-refractivity contribution in [3.63, 3.8) is 0 Å². The number of amides is 1. The van der Waals surface area contributed by atoms with Crippen LogP contribution in [0.4, 0.5) is 13.2 Å². The van der Waals surface area contributed by atoms with Gasteiger partial charge in [-0.3, -0.25) is 4.79 Å². The molecule has 0 saturated carbocycles. The van der Waals surface area contributed by atoms with Crippen molar-refractivity contribution in [1.29, 1.82) is 0 Å². The Balaban J connectivity index is 2.07. The molecule has 0 radical (unpaired) electrons. The van der Waals surface area contributed by atoms with E-state index >= 15 is 0 Å². The van der Waals surface area contributed by atoms with Crippen molar-refractivity contribution >= 4 is 5.91 Å². The fourth-order valence-electron chi connectivity index (χ4n) is 1.39. The van der Waals surface area contributed by atoms with Gasteiger partial charge in [0.25, 0.3) is 5.91 Å². The molecule has 1 amide bonds. The van der Waals surface area contributed by atoms with Crippen molar-refractivity contribution in [2.75, 3.05) is 6.54 Å². The van der Waals surface area contributed by atoms with Crippen LogP contribution in [0.5, 0.6) is 0 Å². The van der Waals surface area contributed by atoms with Crippen LogP contribution in [0.3, 0.4) is 0 Å². The number of aromatic nitrogens is 1. The molecule has 2 aromatic rings. The summed E-state index contributed by atoms with van der Waals surface area (Å²) in [6.07, 6.45) is -4.46. The van der Waals surface area contributed by atoms with Gasteiger partial charge in [-0.25, -0.2) is 0 Å². The van der Waals surface area contributed by atoms with Crippen LogP contribution in [0, 0.1) is 0 Å². The lowest BCUT2D eigenvalue weighted by Crippen LogP contribution is -2.33. The lowest BCUT2D eigenvalue weighted by molar-refractivity contribution is -0.123. The first-order chi connectivity index (χ1) is 8.96. The summed E-state index contributed by atoms with van der Waals surface area (Å²) in [6.45, 7) is -1.41. The predicted octanol–water partition coefficient (Wildman–Crippen LogP) is 2.63. The molecule has 0 unspecified atom stereocenters. The normalized spacial score (nSPS) is 11.3. The molecule has 2 rings (SSSR count). The van der Waals surface area contributed by atoms with Gasteiger partial charge in [0.05, 0.1) is 0 Å². The largest absolute Gasteiger partial charge is 0.405 e. The van der Waals surface area contributed by atoms with Crippen LogP contribution >= 0.6 is 0 Å². The van der Waals surface area contributed by atoms with Gasteiger partial charge >= 0.3 is 6.18 Å². The first-order valence-electron chi connectivity index (χ1n) is 5.33. The molecule has 0 spiro atoms. The average molecular weight is 270 g/mol. The minimum atomic E-state index is -4.46. The van der Waals surface area contributed by atoms with E-state index in [1.54, 1.807) is 35.6 Å². The van der Waals surface area contributed by atoms with Crippen molar-refractivity contribution in [2.24, 2.45) is 0 Å². The number of benzene rings is 1. The van der Waals surface area contributed by atoms with Crippen molar-refractivity contribution in [1.82, 2.24) is 10.5 Å². The Morgan fingerprint density at radius 2 is 1.95 bits per heavy atom. The summed E-state index contributed by atoms with van der Waals surface area (Å²) in [7, 11) is 0. The molecule has 0 fully saturated rings. The Kier molecular flexibility index (Phi) is 3.55. The van der Waals surface area contributed by atoms with E-state index in [0.717, 1.165) is 0 Å². The molecule has 0 aliphatic carbocycles. The van der Waals surface area contributed by atoms with E-state index in [0.29, 0.717) is 11.3 Å². The first kappa shape index (κ1) is 13.1. The molecule has 4 nitrogen and oxygen atoms in total. The fourth-order valence-corrected chi connectivity index (χ4v) is 1.39. The summed E-state index contributed by atoms with van der Waals surface area (Å²) >= 11 is 0. The highest BCUT2D eigenvalue weighted by molar-refractivity contribution is 5.92. The number of rotatable bonds is 3. The fraction of sp³-hybridized carbons (Fsp3) is 0.167. The summed E-state index contributed by atoms with van der Waals surface area (Å²) in [4.78, 5) is 11.4. The zero-order chi connectivity index (χ0) is 13.9. The van der Waals surface area contributed by atoms with Crippen LogP contribution in [0.15, 0.2) is 40.9 Å². The first-order valence-corrected chi connectivity index (χ1v) is 5.33. The van der Waals surface area contributed by atoms with Gasteiger partial charge in [-0.15, -0.1) is 0 Å². The van der Waals surface area contributed by atoms with Gasteiger partial charge in [0, 0.05) is 11.6 Å². The van der Waals surface area contributed by atoms with E-state index in [2.05, 4.69) is 5.16 Å². The third-order valence-electron chi connectivity index (χ3n) is 2.25. The molecular formula is C12H9F3N2O2. The Labute approximate surface area is 106 Å². The SMILES string of the molecule is O=C(NCC(F)(F)F)c1cc(-c2ccccc2)no1. The van der Waals surface area contributed by atoms with Gasteiger partial charge in [-0.1, -0.05) is 35.5 Å². The lowest BCUT2D eigenvalue weighted by atomic mass is 10.1. The van der Waals surface area contributed by atoms with E-state index in [1.165, 1.54) is 6.07 Å². The number of alkyl halides is 3. The third kappa shape index (κ3) is 3.57. The van der Waals surface area contributed by atoms with Crippen molar-refractivity contribution in [3.05, 3.63) is 42.2 Å². The maximum Gasteiger partial charge on any atom is 0.405 e. The lowest BCUT2D eigenvalue weighted by Gasteiger charge is -2.05. The Bertz CT molecular complexity index is 564. The minimum absolute atomic E-state index is 0.261. The van der Waals surface area contributed by atoms with E-state index in [9.17, 15) is 18.0 Å². The highest BCUT2D eigenvalue weighted by atomic mass is 19.4. The van der Waals surface area contributed by atoms with Crippen molar-refractivity contribution < 1.29 is 22.5 Å². The molecule has 19 heavy (non-hydrogen) atoms. The molecule has 0 aliphatic heterocycles. The number of nitrogens with zero attached hydrogens (tertiary/aromatic N) is 1. The van der Waals surface area contributed by atoms with Gasteiger partial charge in [0.15, 0.2) is 0 Å². The van der Waals surface area contributed by atoms with Gasteiger partial charge < -0.3 is 9.84 Å². The smallest absolute Gasteiger partial charge is 0.350 e. The molecular weight excluding hydrogens is 261 g/mol. The van der Waals surface area contributed by atoms with E-state index in [-0.39, 0.29) is 5.76 Å². The van der Waals surface area contributed by atoms with Crippen LogP contribution in [-0.4, -0.2) is 23.8 Å². The van der Waals surface area contributed by atoms with Crippen LogP contribution in [0.2, 0.25) is 0 Å². The summed E-state index contributed by atoms with van der Waals surface area (Å²) in [5.74, 6) is -1.21. The van der Waals surface area contributed by atoms with Crippen molar-refractivity contribution in [3.8, 4) is 11.3 Å². The standard InChI is InChI=1S/C12H9F3N2O2/c13-12(14,15)7-16-11(18)10-6-9(17-19-10)8-4-2-1-3-5-8/h1-6H,7H2,(H,16,18). The molecule has 1 heterocycles. The minimum Gasteiger partial charge on any atom is -0.350 e. The molecule has 100 valence electrons. The molecule has 1 aromatic carbocycles. The second-order valence-corrected chi connectivity index (χ2v) is 3.74. The zero-order valence-corrected chi connectivity index (χ0v) is 9.57. The molecule has 0 saturated heterocycles. The van der Waals surface area contributed by atoms with Gasteiger partial charge in [0.2, 0.25) is 5.76 Å². The van der Waals surface area contributed by atoms with Gasteiger partial charge in [0.1, 0.15) is 12.2 Å². The molecule has 0 bridgehead atoms. The Morgan fingerprint density at radius 3 is 2.58 bits per heavy atom. The Morgan fingerprint density at radius 1 is 1.26 bits per heavy atom. The summed E-state index contributed by atoms with van der Waals surface area (Å²) < 4.78 is 40.5. The molecule has 0 atom stereocenters. The number of carbonyl (C=O) groups excluding carboxylic acids is 1. The molecule has 0 aliphatic rings. The van der Waals surface area contributed by atoms with Crippen LogP contribution in [0.25, 0.3) is 11.3 Å². The van der Waals surface area contributed by atoms with Gasteiger partial charge in [-0.05, 0) is 0 Å². The van der Waals surface area contributed by atoms with Crippen molar-refractivity contribution in [2.45, 2.75) is 6.18 Å². The van der Waals surface area contributed by atoms with Crippen LogP contribution in [0.1, 0.15) is 10.6 Å². The summed E-state index contributed by atoms with van der Waals surface area (Å²) in [5, 5.41) is 5.34. The van der Waals surface area contributed by atoms with Gasteiger partial charge in [-0.2, -0.15) is 13.2 Å². The monoisotopic (exact) mass is 270 g/mol. The van der Waals surface area contributed by atoms with Crippen LogP contribution in [-0.2, 0) is 0 Å². The van der Waals surface area contributed by atoms with Crippen LogP contribution < -0.4 is 5.32 Å².